The van der Waals surface area contributed by atoms with Crippen LogP contribution in [0.2, 0.25) is 0 Å². The van der Waals surface area contributed by atoms with Crippen LogP contribution in [0.1, 0.15) is 12.6 Å². The molecule has 3 heterocycles. The summed E-state index contributed by atoms with van der Waals surface area (Å²) in [6.07, 6.45) is 0.458. The predicted octanol–water partition coefficient (Wildman–Crippen LogP) is -0.890. The Hall–Kier alpha value is -1.46. The van der Waals surface area contributed by atoms with Crippen LogP contribution >= 0.6 is 11.8 Å². The van der Waals surface area contributed by atoms with E-state index in [1.54, 1.807) is 16.3 Å². The zero-order valence-electron chi connectivity index (χ0n) is 12.4. The molecule has 0 radical (unpaired) electrons. The fraction of sp³-hybridized carbons (Fsp3) is 0.615. The van der Waals surface area contributed by atoms with Crippen molar-refractivity contribution in [2.75, 3.05) is 23.8 Å². The lowest BCUT2D eigenvalue weighted by molar-refractivity contribution is -0.0289. The van der Waals surface area contributed by atoms with Crippen molar-refractivity contribution in [2.24, 2.45) is 5.73 Å². The van der Waals surface area contributed by atoms with Crippen LogP contribution in [0.5, 0.6) is 0 Å². The third-order valence-electron chi connectivity index (χ3n) is 3.77. The van der Waals surface area contributed by atoms with E-state index in [1.165, 1.54) is 12.7 Å². The van der Waals surface area contributed by atoms with Crippen molar-refractivity contribution in [3.8, 4) is 0 Å². The number of hydrogen-bond acceptors (Lipinski definition) is 9. The van der Waals surface area contributed by atoms with Crippen molar-refractivity contribution < 1.29 is 14.9 Å². The monoisotopic (exact) mass is 340 g/mol. The summed E-state index contributed by atoms with van der Waals surface area (Å²) in [6.45, 7) is 0.633. The lowest BCUT2D eigenvalue weighted by atomic mass is 10.1. The zero-order chi connectivity index (χ0) is 16.4. The van der Waals surface area contributed by atoms with Gasteiger partial charge in [-0.15, -0.1) is 0 Å². The molecule has 2 unspecified atom stereocenters. The maximum absolute atomic E-state index is 10.3. The van der Waals surface area contributed by atoms with Crippen molar-refractivity contribution in [1.82, 2.24) is 19.5 Å². The molecular formula is C13H20N6O3S. The molecule has 6 N–H and O–H groups in total. The second kappa shape index (κ2) is 6.97. The Morgan fingerprint density at radius 1 is 1.26 bits per heavy atom. The Balaban J connectivity index is 1.76. The van der Waals surface area contributed by atoms with Crippen molar-refractivity contribution >= 4 is 28.7 Å². The molecule has 2 aromatic heterocycles. The first-order valence-corrected chi connectivity index (χ1v) is 8.51. The van der Waals surface area contributed by atoms with Gasteiger partial charge in [0.15, 0.2) is 17.7 Å². The van der Waals surface area contributed by atoms with Gasteiger partial charge in [-0.2, -0.15) is 11.8 Å². The fourth-order valence-corrected chi connectivity index (χ4v) is 3.58. The lowest BCUT2D eigenvalue weighted by Crippen LogP contribution is -2.32. The van der Waals surface area contributed by atoms with Gasteiger partial charge in [0.25, 0.3) is 0 Å². The van der Waals surface area contributed by atoms with Gasteiger partial charge in [-0.05, 0) is 18.7 Å². The number of aliphatic hydroxyl groups is 2. The zero-order valence-corrected chi connectivity index (χ0v) is 13.3. The van der Waals surface area contributed by atoms with Crippen molar-refractivity contribution in [3.63, 3.8) is 0 Å². The summed E-state index contributed by atoms with van der Waals surface area (Å²) in [6, 6.07) is 0. The van der Waals surface area contributed by atoms with E-state index < -0.39 is 24.5 Å². The molecule has 4 atom stereocenters. The number of aliphatic hydroxyl groups excluding tert-OH is 2. The molecule has 126 valence electrons. The molecule has 0 aliphatic carbocycles. The van der Waals surface area contributed by atoms with E-state index in [9.17, 15) is 10.2 Å². The summed E-state index contributed by atoms with van der Waals surface area (Å²) < 4.78 is 7.40. The van der Waals surface area contributed by atoms with E-state index in [2.05, 4.69) is 15.0 Å². The van der Waals surface area contributed by atoms with Crippen LogP contribution in [0.25, 0.3) is 11.2 Å². The van der Waals surface area contributed by atoms with E-state index in [4.69, 9.17) is 16.2 Å². The van der Waals surface area contributed by atoms with E-state index >= 15 is 0 Å². The smallest absolute Gasteiger partial charge is 0.167 e. The normalized spacial score (nSPS) is 27.8. The summed E-state index contributed by atoms with van der Waals surface area (Å²) in [5.74, 6) is 1.73. The number of ether oxygens (including phenoxy) is 1. The number of anilines is 1. The largest absolute Gasteiger partial charge is 0.387 e. The van der Waals surface area contributed by atoms with Gasteiger partial charge < -0.3 is 26.4 Å². The highest BCUT2D eigenvalue weighted by molar-refractivity contribution is 7.99. The highest BCUT2D eigenvalue weighted by Gasteiger charge is 2.44. The minimum atomic E-state index is -1.07. The summed E-state index contributed by atoms with van der Waals surface area (Å²) in [7, 11) is 0. The number of nitrogens with zero attached hydrogens (tertiary/aromatic N) is 4. The molecule has 0 saturated carbocycles. The molecule has 0 amide bonds. The number of imidazole rings is 1. The third-order valence-corrected chi connectivity index (χ3v) is 4.91. The first-order valence-electron chi connectivity index (χ1n) is 7.36. The van der Waals surface area contributed by atoms with Gasteiger partial charge in [0, 0.05) is 5.75 Å². The van der Waals surface area contributed by atoms with Gasteiger partial charge in [-0.25, -0.2) is 15.0 Å². The second-order valence-corrected chi connectivity index (χ2v) is 6.50. The number of rotatable bonds is 6. The molecule has 9 nitrogen and oxygen atoms in total. The molecule has 23 heavy (non-hydrogen) atoms. The highest BCUT2D eigenvalue weighted by atomic mass is 32.2. The van der Waals surface area contributed by atoms with Gasteiger partial charge in [-0.1, -0.05) is 0 Å². The number of hydrogen-bond donors (Lipinski definition) is 4. The summed E-state index contributed by atoms with van der Waals surface area (Å²) >= 11 is 1.64. The van der Waals surface area contributed by atoms with Gasteiger partial charge in [0.05, 0.1) is 12.4 Å². The molecule has 3 rings (SSSR count). The van der Waals surface area contributed by atoms with E-state index in [0.717, 1.165) is 12.2 Å². The Bertz CT molecular complexity index is 668. The van der Waals surface area contributed by atoms with E-state index in [1.807, 2.05) is 0 Å². The number of nitrogen functional groups attached to an aromatic ring is 1. The quantitative estimate of drug-likeness (QED) is 0.492. The number of aromatic nitrogens is 4. The SMILES string of the molecule is NCCCSC[C@H]1O[C@@H](n2cnc3c(N)ncnc32)C(O)C1O. The van der Waals surface area contributed by atoms with Crippen molar-refractivity contribution in [3.05, 3.63) is 12.7 Å². The minimum Gasteiger partial charge on any atom is -0.387 e. The predicted molar refractivity (Wildman–Crippen MR) is 86.7 cm³/mol. The molecule has 1 saturated heterocycles. The van der Waals surface area contributed by atoms with Crippen LogP contribution in [0.15, 0.2) is 12.7 Å². The first-order chi connectivity index (χ1) is 11.1. The summed E-state index contributed by atoms with van der Waals surface area (Å²) in [5.41, 5.74) is 12.1. The molecule has 10 heteroatoms. The Morgan fingerprint density at radius 3 is 2.87 bits per heavy atom. The minimum absolute atomic E-state index is 0.260. The van der Waals surface area contributed by atoms with Gasteiger partial charge in [0.1, 0.15) is 24.1 Å². The average Bonchev–Trinajstić information content (AvgIpc) is 3.09. The number of fused-ring (bicyclic) bond motifs is 1. The molecule has 2 aromatic rings. The Kier molecular flexibility index (Phi) is 4.97. The standard InChI is InChI=1S/C13H20N6O3S/c14-2-1-3-23-4-7-9(20)10(21)13(22-7)19-6-18-8-11(15)16-5-17-12(8)19/h5-7,9-10,13,20-21H,1-4,14H2,(H2,15,16,17)/t7-,9?,10?,13-/m1/s1. The topological polar surface area (TPSA) is 145 Å². The Morgan fingerprint density at radius 2 is 2.09 bits per heavy atom. The molecule has 0 bridgehead atoms. The maximum atomic E-state index is 10.3. The molecule has 0 spiro atoms. The maximum Gasteiger partial charge on any atom is 0.167 e. The van der Waals surface area contributed by atoms with E-state index in [-0.39, 0.29) is 5.82 Å². The van der Waals surface area contributed by atoms with Crippen LogP contribution in [-0.2, 0) is 4.74 Å². The van der Waals surface area contributed by atoms with Crippen LogP contribution < -0.4 is 11.5 Å². The van der Waals surface area contributed by atoms with Crippen LogP contribution in [0, 0.1) is 0 Å². The number of nitrogens with two attached hydrogens (primary N) is 2. The summed E-state index contributed by atoms with van der Waals surface area (Å²) in [4.78, 5) is 12.2. The number of thioether (sulfide) groups is 1. The van der Waals surface area contributed by atoms with Gasteiger partial charge in [-0.3, -0.25) is 4.57 Å². The van der Waals surface area contributed by atoms with Crippen molar-refractivity contribution in [2.45, 2.75) is 31.0 Å². The molecule has 1 fully saturated rings. The fourth-order valence-electron chi connectivity index (χ4n) is 2.54. The molecule has 1 aliphatic rings. The average molecular weight is 340 g/mol. The highest BCUT2D eigenvalue weighted by Crippen LogP contribution is 2.33. The second-order valence-electron chi connectivity index (χ2n) is 5.35. The van der Waals surface area contributed by atoms with E-state index in [0.29, 0.717) is 23.5 Å². The lowest BCUT2D eigenvalue weighted by Gasteiger charge is -2.16. The summed E-state index contributed by atoms with van der Waals surface area (Å²) in [5, 5.41) is 20.5. The van der Waals surface area contributed by atoms with Crippen LogP contribution in [0.4, 0.5) is 5.82 Å². The van der Waals surface area contributed by atoms with Crippen molar-refractivity contribution in [1.29, 1.82) is 0 Å². The Labute approximate surface area is 137 Å². The third kappa shape index (κ3) is 3.12. The van der Waals surface area contributed by atoms with Crippen LogP contribution in [-0.4, -0.2) is 66.1 Å². The van der Waals surface area contributed by atoms with Gasteiger partial charge >= 0.3 is 0 Å². The van der Waals surface area contributed by atoms with Gasteiger partial charge in [0.2, 0.25) is 0 Å². The molecular weight excluding hydrogens is 320 g/mol. The first kappa shape index (κ1) is 16.4. The van der Waals surface area contributed by atoms with Crippen LogP contribution in [0.3, 0.4) is 0 Å². The molecule has 1 aliphatic heterocycles. The molecule has 0 aromatic carbocycles.